The number of rotatable bonds is 15. The van der Waals surface area contributed by atoms with E-state index in [2.05, 4.69) is 21.3 Å². The number of para-hydroxylation sites is 1. The Morgan fingerprint density at radius 2 is 1.52 bits per heavy atom. The van der Waals surface area contributed by atoms with E-state index >= 15 is 0 Å². The molecule has 0 aromatic heterocycles. The van der Waals surface area contributed by atoms with Crippen LogP contribution < -0.4 is 27.0 Å². The van der Waals surface area contributed by atoms with E-state index in [9.17, 15) is 39.2 Å². The molecule has 2 rings (SSSR count). The maximum absolute atomic E-state index is 13.1. The molecular formula is C28H36N6O8. The number of benzene rings is 2. The Balaban J connectivity index is 2.04. The Bertz CT molecular complexity index is 1300. The third kappa shape index (κ3) is 10.5. The number of hydrogen-bond acceptors (Lipinski definition) is 8. The van der Waals surface area contributed by atoms with Crippen molar-refractivity contribution in [2.24, 2.45) is 5.92 Å². The number of carbonyl (C=O) groups excluding carboxylic acids is 4. The summed E-state index contributed by atoms with van der Waals surface area (Å²) in [6.45, 7) is 4.97. The first-order chi connectivity index (χ1) is 19.8. The van der Waals surface area contributed by atoms with Crippen molar-refractivity contribution in [3.8, 4) is 0 Å². The molecule has 0 aliphatic carbocycles. The minimum absolute atomic E-state index is 0.0229. The van der Waals surface area contributed by atoms with Crippen molar-refractivity contribution in [1.29, 1.82) is 0 Å². The van der Waals surface area contributed by atoms with Crippen molar-refractivity contribution >= 4 is 41.0 Å². The van der Waals surface area contributed by atoms with Gasteiger partial charge in [-0.05, 0) is 37.0 Å². The molecule has 2 aromatic carbocycles. The predicted molar refractivity (Wildman–Crippen MR) is 153 cm³/mol. The summed E-state index contributed by atoms with van der Waals surface area (Å²) in [6, 6.07) is 8.27. The molecule has 0 aliphatic heterocycles. The summed E-state index contributed by atoms with van der Waals surface area (Å²) in [5.41, 5.74) is 6.64. The van der Waals surface area contributed by atoms with Crippen LogP contribution in [0.25, 0.3) is 0 Å². The average Bonchev–Trinajstić information content (AvgIpc) is 2.92. The fourth-order valence-electron chi connectivity index (χ4n) is 3.93. The summed E-state index contributed by atoms with van der Waals surface area (Å²) in [6.07, 6.45) is -0.0870. The molecule has 0 fully saturated rings. The molecule has 14 heteroatoms. The lowest BCUT2D eigenvalue weighted by Crippen LogP contribution is -2.56. The molecular weight excluding hydrogens is 548 g/mol. The van der Waals surface area contributed by atoms with Gasteiger partial charge < -0.3 is 32.1 Å². The first-order valence-corrected chi connectivity index (χ1v) is 13.3. The molecule has 2 aromatic rings. The number of anilines is 1. The summed E-state index contributed by atoms with van der Waals surface area (Å²) in [4.78, 5) is 72.8. The minimum atomic E-state index is -1.25. The molecule has 0 unspecified atom stereocenters. The van der Waals surface area contributed by atoms with Crippen LogP contribution in [0.3, 0.4) is 0 Å². The van der Waals surface area contributed by atoms with E-state index in [0.29, 0.717) is 5.56 Å². The lowest BCUT2D eigenvalue weighted by molar-refractivity contribution is -0.384. The third-order valence-corrected chi connectivity index (χ3v) is 6.16. The number of nitrogens with one attached hydrogen (secondary N) is 4. The Morgan fingerprint density at radius 1 is 0.905 bits per heavy atom. The van der Waals surface area contributed by atoms with E-state index in [4.69, 9.17) is 5.73 Å². The third-order valence-electron chi connectivity index (χ3n) is 6.16. The zero-order valence-corrected chi connectivity index (χ0v) is 23.6. The number of hydrogen-bond donors (Lipinski definition) is 6. The number of nitrogens with two attached hydrogens (primary N) is 1. The molecule has 0 heterocycles. The molecule has 7 N–H and O–H groups in total. The maximum atomic E-state index is 13.1. The Hall–Kier alpha value is -5.01. The second kappa shape index (κ2) is 15.7. The second-order valence-electron chi connectivity index (χ2n) is 10.1. The van der Waals surface area contributed by atoms with Gasteiger partial charge in [0, 0.05) is 37.2 Å². The molecule has 226 valence electrons. The van der Waals surface area contributed by atoms with Crippen LogP contribution >= 0.6 is 0 Å². The molecule has 0 bridgehead atoms. The average molecular weight is 585 g/mol. The molecule has 3 atom stereocenters. The predicted octanol–water partition coefficient (Wildman–Crippen LogP) is 1.14. The lowest BCUT2D eigenvalue weighted by Gasteiger charge is -2.24. The molecule has 0 radical (unpaired) electrons. The number of non-ortho nitro benzene ring substituents is 1. The number of carboxylic acid groups (broad SMARTS) is 1. The monoisotopic (exact) mass is 584 g/mol. The van der Waals surface area contributed by atoms with Crippen LogP contribution in [-0.2, 0) is 25.6 Å². The van der Waals surface area contributed by atoms with Gasteiger partial charge in [0.1, 0.15) is 18.1 Å². The number of amides is 4. The first-order valence-electron chi connectivity index (χ1n) is 13.3. The first kappa shape index (κ1) is 33.2. The van der Waals surface area contributed by atoms with Crippen LogP contribution in [0.1, 0.15) is 49.5 Å². The van der Waals surface area contributed by atoms with Gasteiger partial charge in [0.25, 0.3) is 11.6 Å². The van der Waals surface area contributed by atoms with Gasteiger partial charge in [0.15, 0.2) is 0 Å². The van der Waals surface area contributed by atoms with Gasteiger partial charge in [-0.1, -0.05) is 38.1 Å². The highest BCUT2D eigenvalue weighted by Crippen LogP contribution is 2.14. The van der Waals surface area contributed by atoms with E-state index < -0.39 is 52.6 Å². The van der Waals surface area contributed by atoms with Crippen molar-refractivity contribution in [3.63, 3.8) is 0 Å². The number of nitrogens with zero attached hydrogens (tertiary/aromatic N) is 1. The number of carbonyl (C=O) groups is 5. The van der Waals surface area contributed by atoms with Crippen molar-refractivity contribution < 1.29 is 34.0 Å². The zero-order chi connectivity index (χ0) is 31.4. The zero-order valence-electron chi connectivity index (χ0n) is 23.6. The fourth-order valence-corrected chi connectivity index (χ4v) is 3.93. The topological polar surface area (TPSA) is 223 Å². The molecule has 0 saturated heterocycles. The SMILES string of the molecule is CC(C)C[C@H](NC(=O)[C@H](Cc1ccc([N+](=O)[O-])cc1)NC(=O)[C@H](C)NC(=O)CCNC(=O)c1ccccc1N)C(=O)O. The number of aliphatic carboxylic acids is 1. The van der Waals surface area contributed by atoms with Gasteiger partial charge >= 0.3 is 5.97 Å². The van der Waals surface area contributed by atoms with E-state index in [0.717, 1.165) is 0 Å². The van der Waals surface area contributed by atoms with Gasteiger partial charge in [-0.3, -0.25) is 29.3 Å². The second-order valence-corrected chi connectivity index (χ2v) is 10.1. The quantitative estimate of drug-likeness (QED) is 0.100. The number of nitro groups is 1. The molecule has 42 heavy (non-hydrogen) atoms. The van der Waals surface area contributed by atoms with Crippen molar-refractivity contribution in [3.05, 3.63) is 69.8 Å². The summed E-state index contributed by atoms with van der Waals surface area (Å²) in [5, 5.41) is 30.5. The molecule has 0 spiro atoms. The molecule has 0 saturated carbocycles. The molecule has 0 aliphatic rings. The molecule has 4 amide bonds. The fraction of sp³-hybridized carbons (Fsp3) is 0.393. The van der Waals surface area contributed by atoms with E-state index in [-0.39, 0.29) is 48.7 Å². The summed E-state index contributed by atoms with van der Waals surface area (Å²) >= 11 is 0. The highest BCUT2D eigenvalue weighted by molar-refractivity contribution is 5.99. The summed E-state index contributed by atoms with van der Waals surface area (Å²) in [7, 11) is 0. The largest absolute Gasteiger partial charge is 0.480 e. The van der Waals surface area contributed by atoms with Gasteiger partial charge in [-0.25, -0.2) is 4.79 Å². The number of carboxylic acids is 1. The van der Waals surface area contributed by atoms with Gasteiger partial charge in [-0.15, -0.1) is 0 Å². The Morgan fingerprint density at radius 3 is 2.10 bits per heavy atom. The minimum Gasteiger partial charge on any atom is -0.480 e. The van der Waals surface area contributed by atoms with Gasteiger partial charge in [-0.2, -0.15) is 0 Å². The van der Waals surface area contributed by atoms with Crippen LogP contribution in [0.5, 0.6) is 0 Å². The van der Waals surface area contributed by atoms with E-state index in [1.54, 1.807) is 38.1 Å². The normalized spacial score (nSPS) is 12.9. The Kier molecular flexibility index (Phi) is 12.4. The van der Waals surface area contributed by atoms with Crippen LogP contribution in [0.4, 0.5) is 11.4 Å². The van der Waals surface area contributed by atoms with Crippen LogP contribution in [0.15, 0.2) is 48.5 Å². The number of nitro benzene ring substituents is 1. The van der Waals surface area contributed by atoms with Gasteiger partial charge in [0.05, 0.1) is 10.5 Å². The van der Waals surface area contributed by atoms with Crippen LogP contribution in [-0.4, -0.2) is 64.3 Å². The summed E-state index contributed by atoms with van der Waals surface area (Å²) < 4.78 is 0. The summed E-state index contributed by atoms with van der Waals surface area (Å²) in [5.74, 6) is -3.76. The van der Waals surface area contributed by atoms with Crippen LogP contribution in [0, 0.1) is 16.0 Å². The standard InChI is InChI=1S/C28H36N6O8/c1-16(2)14-23(28(39)40)33-27(38)22(15-18-8-10-19(11-9-18)34(41)42)32-25(36)17(3)31-24(35)12-13-30-26(37)20-6-4-5-7-21(20)29/h4-11,16-17,22-23H,12-15,29H2,1-3H3,(H,30,37)(H,31,35)(H,32,36)(H,33,38)(H,39,40)/t17-,22-,23-/m0/s1. The maximum Gasteiger partial charge on any atom is 0.326 e. The van der Waals surface area contributed by atoms with Gasteiger partial charge in [0.2, 0.25) is 17.7 Å². The number of nitrogen functional groups attached to an aromatic ring is 1. The van der Waals surface area contributed by atoms with Crippen LogP contribution in [0.2, 0.25) is 0 Å². The highest BCUT2D eigenvalue weighted by atomic mass is 16.6. The van der Waals surface area contributed by atoms with E-state index in [1.807, 2.05) is 0 Å². The Labute approximate surface area is 242 Å². The van der Waals surface area contributed by atoms with Crippen molar-refractivity contribution in [2.75, 3.05) is 12.3 Å². The van der Waals surface area contributed by atoms with Crippen molar-refractivity contribution in [1.82, 2.24) is 21.3 Å². The smallest absolute Gasteiger partial charge is 0.326 e. The van der Waals surface area contributed by atoms with E-state index in [1.165, 1.54) is 31.2 Å². The lowest BCUT2D eigenvalue weighted by atomic mass is 10.0. The highest BCUT2D eigenvalue weighted by Gasteiger charge is 2.29. The van der Waals surface area contributed by atoms with Crippen molar-refractivity contribution in [2.45, 2.75) is 58.2 Å². The molecule has 14 nitrogen and oxygen atoms in total.